The average molecular weight is 232 g/mol. The van der Waals surface area contributed by atoms with Crippen LogP contribution in [0.2, 0.25) is 0 Å². The van der Waals surface area contributed by atoms with Crippen molar-refractivity contribution in [2.75, 3.05) is 6.61 Å². The largest absolute Gasteiger partial charge is 0.494 e. The van der Waals surface area contributed by atoms with Crippen LogP contribution in [0.4, 0.5) is 0 Å². The van der Waals surface area contributed by atoms with Gasteiger partial charge in [-0.1, -0.05) is 43.5 Å². The van der Waals surface area contributed by atoms with Crippen LogP contribution >= 0.6 is 0 Å². The molecule has 0 heterocycles. The Morgan fingerprint density at radius 2 is 1.88 bits per heavy atom. The summed E-state index contributed by atoms with van der Waals surface area (Å²) in [4.78, 5) is 0. The number of ether oxygens (including phenoxy) is 1. The lowest BCUT2D eigenvalue weighted by Crippen LogP contribution is -2.62. The molecular formula is C15H22NO+. The summed E-state index contributed by atoms with van der Waals surface area (Å²) in [6.07, 6.45) is 0. The molecule has 0 aliphatic rings. The standard InChI is InChI=1S/C15H21NO/c1-5-17-13(4)11(2)15(12(3)16)14-9-7-6-8-10-14/h6-10,12,15H,2,4-5,16H2,1,3H3/p+1. The minimum absolute atomic E-state index is 0.162. The van der Waals surface area contributed by atoms with Gasteiger partial charge in [-0.15, -0.1) is 0 Å². The molecule has 0 saturated carbocycles. The molecular weight excluding hydrogens is 210 g/mol. The van der Waals surface area contributed by atoms with Gasteiger partial charge >= 0.3 is 0 Å². The van der Waals surface area contributed by atoms with E-state index in [1.165, 1.54) is 5.56 Å². The summed E-state index contributed by atoms with van der Waals surface area (Å²) in [5, 5.41) is 0. The second-order valence-electron chi connectivity index (χ2n) is 4.25. The Morgan fingerprint density at radius 3 is 2.35 bits per heavy atom. The van der Waals surface area contributed by atoms with E-state index < -0.39 is 0 Å². The Labute approximate surface area is 104 Å². The van der Waals surface area contributed by atoms with Crippen LogP contribution in [0.5, 0.6) is 0 Å². The molecule has 3 N–H and O–H groups in total. The van der Waals surface area contributed by atoms with Gasteiger partial charge in [-0.2, -0.15) is 0 Å². The van der Waals surface area contributed by atoms with Gasteiger partial charge in [0.2, 0.25) is 0 Å². The van der Waals surface area contributed by atoms with Gasteiger partial charge in [0.15, 0.2) is 0 Å². The topological polar surface area (TPSA) is 36.9 Å². The maximum absolute atomic E-state index is 5.43. The van der Waals surface area contributed by atoms with Gasteiger partial charge in [-0.05, 0) is 25.0 Å². The van der Waals surface area contributed by atoms with Crippen molar-refractivity contribution in [2.24, 2.45) is 0 Å². The zero-order valence-corrected chi connectivity index (χ0v) is 10.8. The van der Waals surface area contributed by atoms with Crippen molar-refractivity contribution in [3.8, 4) is 0 Å². The predicted molar refractivity (Wildman–Crippen MR) is 71.4 cm³/mol. The van der Waals surface area contributed by atoms with E-state index in [1.54, 1.807) is 0 Å². The molecule has 2 heteroatoms. The molecule has 92 valence electrons. The maximum atomic E-state index is 5.43. The molecule has 0 spiro atoms. The van der Waals surface area contributed by atoms with E-state index in [1.807, 2.05) is 25.1 Å². The Balaban J connectivity index is 2.95. The fourth-order valence-electron chi connectivity index (χ4n) is 1.97. The molecule has 1 aromatic rings. The average Bonchev–Trinajstić information content (AvgIpc) is 2.30. The molecule has 2 unspecified atom stereocenters. The smallest absolute Gasteiger partial charge is 0.115 e. The second-order valence-corrected chi connectivity index (χ2v) is 4.25. The van der Waals surface area contributed by atoms with Crippen LogP contribution in [0.1, 0.15) is 25.3 Å². The van der Waals surface area contributed by atoms with Crippen LogP contribution in [-0.4, -0.2) is 12.6 Å². The van der Waals surface area contributed by atoms with E-state index in [4.69, 9.17) is 4.74 Å². The molecule has 0 aliphatic carbocycles. The van der Waals surface area contributed by atoms with Crippen molar-refractivity contribution in [3.05, 3.63) is 60.4 Å². The third-order valence-corrected chi connectivity index (χ3v) is 2.78. The molecule has 0 saturated heterocycles. The van der Waals surface area contributed by atoms with Crippen LogP contribution in [0.3, 0.4) is 0 Å². The first-order valence-corrected chi connectivity index (χ1v) is 5.96. The molecule has 17 heavy (non-hydrogen) atoms. The maximum Gasteiger partial charge on any atom is 0.115 e. The minimum Gasteiger partial charge on any atom is -0.494 e. The molecule has 1 rings (SSSR count). The summed E-state index contributed by atoms with van der Waals surface area (Å²) >= 11 is 0. The first kappa shape index (κ1) is 13.5. The van der Waals surface area contributed by atoms with Crippen molar-refractivity contribution >= 4 is 0 Å². The van der Waals surface area contributed by atoms with Crippen molar-refractivity contribution in [1.82, 2.24) is 0 Å². The van der Waals surface area contributed by atoms with Gasteiger partial charge in [0.25, 0.3) is 0 Å². The normalized spacial score (nSPS) is 13.8. The highest BCUT2D eigenvalue weighted by Crippen LogP contribution is 2.29. The minimum atomic E-state index is 0.162. The lowest BCUT2D eigenvalue weighted by atomic mass is 9.86. The zero-order chi connectivity index (χ0) is 12.8. The molecule has 0 aromatic heterocycles. The van der Waals surface area contributed by atoms with E-state index >= 15 is 0 Å². The Morgan fingerprint density at radius 1 is 1.29 bits per heavy atom. The highest BCUT2D eigenvalue weighted by atomic mass is 16.5. The second kappa shape index (κ2) is 6.26. The fourth-order valence-corrected chi connectivity index (χ4v) is 1.97. The lowest BCUT2D eigenvalue weighted by molar-refractivity contribution is -0.417. The van der Waals surface area contributed by atoms with Crippen LogP contribution in [-0.2, 0) is 4.74 Å². The molecule has 0 aliphatic heterocycles. The molecule has 0 radical (unpaired) electrons. The first-order chi connectivity index (χ1) is 8.07. The van der Waals surface area contributed by atoms with Gasteiger partial charge in [-0.3, -0.25) is 0 Å². The monoisotopic (exact) mass is 232 g/mol. The summed E-state index contributed by atoms with van der Waals surface area (Å²) in [7, 11) is 0. The van der Waals surface area contributed by atoms with E-state index in [0.29, 0.717) is 12.4 Å². The highest BCUT2D eigenvalue weighted by molar-refractivity contribution is 5.36. The quantitative estimate of drug-likeness (QED) is 0.594. The van der Waals surface area contributed by atoms with Crippen LogP contribution < -0.4 is 5.73 Å². The van der Waals surface area contributed by atoms with Gasteiger partial charge in [0.1, 0.15) is 5.76 Å². The molecule has 2 atom stereocenters. The predicted octanol–water partition coefficient (Wildman–Crippen LogP) is 2.51. The Hall–Kier alpha value is -1.54. The van der Waals surface area contributed by atoms with Crippen LogP contribution in [0.25, 0.3) is 0 Å². The fraction of sp³-hybridized carbons (Fsp3) is 0.333. The van der Waals surface area contributed by atoms with Gasteiger partial charge in [0.05, 0.1) is 18.6 Å². The van der Waals surface area contributed by atoms with Crippen LogP contribution in [0.15, 0.2) is 54.8 Å². The van der Waals surface area contributed by atoms with E-state index in [2.05, 4.69) is 37.9 Å². The van der Waals surface area contributed by atoms with E-state index in [0.717, 1.165) is 5.57 Å². The van der Waals surface area contributed by atoms with Gasteiger partial charge < -0.3 is 10.5 Å². The zero-order valence-electron chi connectivity index (χ0n) is 10.8. The molecule has 0 bridgehead atoms. The number of quaternary nitrogens is 1. The summed E-state index contributed by atoms with van der Waals surface area (Å²) in [5.74, 6) is 0.826. The summed E-state index contributed by atoms with van der Waals surface area (Å²) in [5.41, 5.74) is 6.25. The van der Waals surface area contributed by atoms with E-state index in [9.17, 15) is 0 Å². The molecule has 0 amide bonds. The van der Waals surface area contributed by atoms with Crippen molar-refractivity contribution in [2.45, 2.75) is 25.8 Å². The number of allylic oxidation sites excluding steroid dienone is 1. The SMILES string of the molecule is C=C(OCC)C(=C)C(c1ccccc1)C(C)[NH3+]. The van der Waals surface area contributed by atoms with Gasteiger partial charge in [-0.25, -0.2) is 0 Å². The molecule has 0 fully saturated rings. The lowest BCUT2D eigenvalue weighted by Gasteiger charge is -2.22. The number of benzene rings is 1. The van der Waals surface area contributed by atoms with Crippen molar-refractivity contribution < 1.29 is 10.5 Å². The number of rotatable bonds is 6. The van der Waals surface area contributed by atoms with Crippen LogP contribution in [0, 0.1) is 0 Å². The third kappa shape index (κ3) is 3.46. The first-order valence-electron chi connectivity index (χ1n) is 5.96. The molecule has 1 aromatic carbocycles. The Kier molecular flexibility index (Phi) is 4.98. The number of hydrogen-bond donors (Lipinski definition) is 1. The number of hydrogen-bond acceptors (Lipinski definition) is 1. The van der Waals surface area contributed by atoms with Gasteiger partial charge in [0, 0.05) is 0 Å². The third-order valence-electron chi connectivity index (χ3n) is 2.78. The highest BCUT2D eigenvalue weighted by Gasteiger charge is 2.24. The summed E-state index contributed by atoms with van der Waals surface area (Å²) < 4.78 is 5.43. The molecule has 2 nitrogen and oxygen atoms in total. The van der Waals surface area contributed by atoms with Crippen molar-refractivity contribution in [3.63, 3.8) is 0 Å². The summed E-state index contributed by atoms with van der Waals surface area (Å²) in [6, 6.07) is 10.5. The summed E-state index contributed by atoms with van der Waals surface area (Å²) in [6.45, 7) is 12.7. The van der Waals surface area contributed by atoms with Crippen molar-refractivity contribution in [1.29, 1.82) is 0 Å². The Bertz CT molecular complexity index is 381. The van der Waals surface area contributed by atoms with E-state index in [-0.39, 0.29) is 12.0 Å².